The van der Waals surface area contributed by atoms with Crippen LogP contribution in [0.15, 0.2) is 54.6 Å². The van der Waals surface area contributed by atoms with Crippen molar-refractivity contribution in [3.05, 3.63) is 71.5 Å². The summed E-state index contributed by atoms with van der Waals surface area (Å²) in [5.74, 6) is -0.478. The number of carbonyl (C=O) groups is 1. The highest BCUT2D eigenvalue weighted by atomic mass is 32.2. The average Bonchev–Trinajstić information content (AvgIpc) is 2.64. The third kappa shape index (κ3) is 6.77. The Morgan fingerprint density at radius 1 is 0.963 bits per heavy atom. The van der Waals surface area contributed by atoms with Gasteiger partial charge in [-0.05, 0) is 30.2 Å². The van der Waals surface area contributed by atoms with Crippen molar-refractivity contribution in [2.75, 3.05) is 19.3 Å². The SMILES string of the molecule is CCN(Cc1ccccc1)C(=O)CCN(Cc1ccc(F)cc1)S(C)(=O)=O. The van der Waals surface area contributed by atoms with Crippen LogP contribution in [0.25, 0.3) is 0 Å². The molecule has 27 heavy (non-hydrogen) atoms. The normalized spacial score (nSPS) is 11.6. The Balaban J connectivity index is 2.00. The third-order valence-corrected chi connectivity index (χ3v) is 5.52. The summed E-state index contributed by atoms with van der Waals surface area (Å²) in [6.45, 7) is 3.13. The summed E-state index contributed by atoms with van der Waals surface area (Å²) < 4.78 is 38.4. The Morgan fingerprint density at radius 3 is 2.11 bits per heavy atom. The molecule has 0 radical (unpaired) electrons. The predicted molar refractivity (Wildman–Crippen MR) is 104 cm³/mol. The number of amides is 1. The minimum Gasteiger partial charge on any atom is -0.339 e. The van der Waals surface area contributed by atoms with Gasteiger partial charge in [-0.3, -0.25) is 4.79 Å². The first-order valence-electron chi connectivity index (χ1n) is 8.81. The number of sulfonamides is 1. The first-order valence-corrected chi connectivity index (χ1v) is 10.7. The lowest BCUT2D eigenvalue weighted by molar-refractivity contribution is -0.131. The minimum atomic E-state index is -3.49. The van der Waals surface area contributed by atoms with Crippen molar-refractivity contribution in [3.8, 4) is 0 Å². The highest BCUT2D eigenvalue weighted by Gasteiger charge is 2.20. The molecule has 0 heterocycles. The fourth-order valence-electron chi connectivity index (χ4n) is 2.71. The molecule has 0 bridgehead atoms. The number of nitrogens with zero attached hydrogens (tertiary/aromatic N) is 2. The molecule has 0 N–H and O–H groups in total. The Bertz CT molecular complexity index is 839. The number of hydrogen-bond acceptors (Lipinski definition) is 3. The molecule has 0 saturated carbocycles. The van der Waals surface area contributed by atoms with Gasteiger partial charge in [0.2, 0.25) is 15.9 Å². The van der Waals surface area contributed by atoms with E-state index in [1.807, 2.05) is 37.3 Å². The van der Waals surface area contributed by atoms with Crippen LogP contribution in [0.3, 0.4) is 0 Å². The van der Waals surface area contributed by atoms with E-state index in [9.17, 15) is 17.6 Å². The second-order valence-electron chi connectivity index (χ2n) is 6.37. The topological polar surface area (TPSA) is 57.7 Å². The van der Waals surface area contributed by atoms with E-state index in [1.165, 1.54) is 16.4 Å². The lowest BCUT2D eigenvalue weighted by Gasteiger charge is -2.24. The van der Waals surface area contributed by atoms with Crippen molar-refractivity contribution in [3.63, 3.8) is 0 Å². The summed E-state index contributed by atoms with van der Waals surface area (Å²) in [5.41, 5.74) is 1.70. The molecule has 0 aliphatic carbocycles. The van der Waals surface area contributed by atoms with Gasteiger partial charge in [0, 0.05) is 32.6 Å². The van der Waals surface area contributed by atoms with E-state index in [4.69, 9.17) is 0 Å². The van der Waals surface area contributed by atoms with Gasteiger partial charge in [0.15, 0.2) is 0 Å². The van der Waals surface area contributed by atoms with E-state index in [2.05, 4.69) is 0 Å². The van der Waals surface area contributed by atoms with Gasteiger partial charge >= 0.3 is 0 Å². The fraction of sp³-hybridized carbons (Fsp3) is 0.350. The molecule has 0 unspecified atom stereocenters. The molecule has 0 spiro atoms. The van der Waals surface area contributed by atoms with Crippen LogP contribution < -0.4 is 0 Å². The third-order valence-electron chi connectivity index (χ3n) is 4.27. The number of rotatable bonds is 9. The highest BCUT2D eigenvalue weighted by molar-refractivity contribution is 7.88. The van der Waals surface area contributed by atoms with Gasteiger partial charge in [0.05, 0.1) is 6.26 Å². The van der Waals surface area contributed by atoms with E-state index in [1.54, 1.807) is 17.0 Å². The molecular weight excluding hydrogens is 367 g/mol. The zero-order valence-corrected chi connectivity index (χ0v) is 16.5. The molecular formula is C20H25FN2O3S. The molecule has 2 aromatic rings. The molecule has 7 heteroatoms. The first kappa shape index (κ1) is 21.1. The van der Waals surface area contributed by atoms with E-state index in [0.717, 1.165) is 11.8 Å². The fourth-order valence-corrected chi connectivity index (χ4v) is 3.52. The monoisotopic (exact) mass is 392 g/mol. The second kappa shape index (κ2) is 9.62. The van der Waals surface area contributed by atoms with Crippen LogP contribution in [-0.4, -0.2) is 42.9 Å². The van der Waals surface area contributed by atoms with Crippen LogP contribution in [0.5, 0.6) is 0 Å². The number of hydrogen-bond donors (Lipinski definition) is 0. The molecule has 5 nitrogen and oxygen atoms in total. The average molecular weight is 392 g/mol. The van der Waals surface area contributed by atoms with Gasteiger partial charge in [-0.1, -0.05) is 42.5 Å². The van der Waals surface area contributed by atoms with Crippen LogP contribution in [0.1, 0.15) is 24.5 Å². The van der Waals surface area contributed by atoms with Crippen molar-refractivity contribution in [1.82, 2.24) is 9.21 Å². The Hall–Kier alpha value is -2.25. The molecule has 0 aromatic heterocycles. The van der Waals surface area contributed by atoms with E-state index < -0.39 is 10.0 Å². The second-order valence-corrected chi connectivity index (χ2v) is 8.35. The predicted octanol–water partition coefficient (Wildman–Crippen LogP) is 3.03. The summed E-state index contributed by atoms with van der Waals surface area (Å²) in [6.07, 6.45) is 1.21. The summed E-state index contributed by atoms with van der Waals surface area (Å²) in [4.78, 5) is 14.3. The maximum absolute atomic E-state index is 13.0. The molecule has 0 aliphatic rings. The van der Waals surface area contributed by atoms with Crippen LogP contribution in [0.4, 0.5) is 4.39 Å². The minimum absolute atomic E-state index is 0.0837. The molecule has 2 rings (SSSR count). The Kier molecular flexibility index (Phi) is 7.50. The molecule has 1 amide bonds. The molecule has 0 atom stereocenters. The molecule has 0 saturated heterocycles. The van der Waals surface area contributed by atoms with Gasteiger partial charge in [0.1, 0.15) is 5.82 Å². The van der Waals surface area contributed by atoms with Gasteiger partial charge in [-0.15, -0.1) is 0 Å². The van der Waals surface area contributed by atoms with Crippen LogP contribution in [-0.2, 0) is 27.9 Å². The summed E-state index contributed by atoms with van der Waals surface area (Å²) in [5, 5.41) is 0. The van der Waals surface area contributed by atoms with Crippen molar-refractivity contribution >= 4 is 15.9 Å². The van der Waals surface area contributed by atoms with Crippen molar-refractivity contribution in [2.45, 2.75) is 26.4 Å². The standard InChI is InChI=1S/C20H25FN2O3S/c1-3-22(15-17-7-5-4-6-8-17)20(24)13-14-23(27(2,25)26)16-18-9-11-19(21)12-10-18/h4-12H,3,13-16H2,1-2H3. The molecule has 0 fully saturated rings. The van der Waals surface area contributed by atoms with Crippen molar-refractivity contribution in [1.29, 1.82) is 0 Å². The lowest BCUT2D eigenvalue weighted by atomic mass is 10.2. The van der Waals surface area contributed by atoms with Gasteiger partial charge in [-0.25, -0.2) is 12.8 Å². The Morgan fingerprint density at radius 2 is 1.56 bits per heavy atom. The summed E-state index contributed by atoms with van der Waals surface area (Å²) in [6, 6.07) is 15.3. The van der Waals surface area contributed by atoms with Gasteiger partial charge in [0.25, 0.3) is 0 Å². The summed E-state index contributed by atoms with van der Waals surface area (Å²) >= 11 is 0. The largest absolute Gasteiger partial charge is 0.339 e. The molecule has 2 aromatic carbocycles. The number of carbonyl (C=O) groups excluding carboxylic acids is 1. The van der Waals surface area contributed by atoms with Crippen molar-refractivity contribution in [2.24, 2.45) is 0 Å². The van der Waals surface area contributed by atoms with E-state index in [-0.39, 0.29) is 31.2 Å². The van der Waals surface area contributed by atoms with Crippen LogP contribution in [0, 0.1) is 5.82 Å². The maximum Gasteiger partial charge on any atom is 0.224 e. The zero-order valence-electron chi connectivity index (χ0n) is 15.6. The first-order chi connectivity index (χ1) is 12.8. The Labute approximate surface area is 160 Å². The number of halogens is 1. The molecule has 146 valence electrons. The smallest absolute Gasteiger partial charge is 0.224 e. The van der Waals surface area contributed by atoms with E-state index >= 15 is 0 Å². The highest BCUT2D eigenvalue weighted by Crippen LogP contribution is 2.12. The quantitative estimate of drug-likeness (QED) is 0.659. The molecule has 0 aliphatic heterocycles. The van der Waals surface area contributed by atoms with Gasteiger partial charge < -0.3 is 4.90 Å². The van der Waals surface area contributed by atoms with Gasteiger partial charge in [-0.2, -0.15) is 4.31 Å². The van der Waals surface area contributed by atoms with Crippen LogP contribution >= 0.6 is 0 Å². The summed E-state index contributed by atoms with van der Waals surface area (Å²) in [7, 11) is -3.49. The van der Waals surface area contributed by atoms with Crippen molar-refractivity contribution < 1.29 is 17.6 Å². The van der Waals surface area contributed by atoms with E-state index in [0.29, 0.717) is 18.7 Å². The van der Waals surface area contributed by atoms with Crippen LogP contribution in [0.2, 0.25) is 0 Å². The number of benzene rings is 2. The zero-order chi connectivity index (χ0) is 19.9. The maximum atomic E-state index is 13.0. The lowest BCUT2D eigenvalue weighted by Crippen LogP contribution is -2.36.